The minimum Gasteiger partial charge on any atom is -0.481 e. The molecule has 15 nitrogen and oxygen atoms in total. The number of carbonyl (C=O) groups excluding carboxylic acids is 6. The van der Waals surface area contributed by atoms with Gasteiger partial charge in [0.05, 0.1) is 13.0 Å². The first kappa shape index (κ1) is 43.9. The number of aliphatic carboxylic acids is 1. The number of amides is 6. The fourth-order valence-electron chi connectivity index (χ4n) is 6.79. The molecule has 4 atom stereocenters. The maximum Gasteiger partial charge on any atom is 0.410 e. The van der Waals surface area contributed by atoms with Gasteiger partial charge in [-0.2, -0.15) is 0 Å². The summed E-state index contributed by atoms with van der Waals surface area (Å²) in [5, 5.41) is 14.3. The number of hydrogen-bond donors (Lipinski definition) is 3. The van der Waals surface area contributed by atoms with Gasteiger partial charge in [0, 0.05) is 41.2 Å². The molecule has 0 spiro atoms. The molecule has 2 aromatic carbocycles. The summed E-state index contributed by atoms with van der Waals surface area (Å²) in [5.74, 6) is -5.02. The Kier molecular flexibility index (Phi) is 15.4. The molecule has 0 aromatic heterocycles. The van der Waals surface area contributed by atoms with E-state index >= 15 is 0 Å². The van der Waals surface area contributed by atoms with E-state index in [4.69, 9.17) is 4.74 Å². The summed E-state index contributed by atoms with van der Waals surface area (Å²) in [6.45, 7) is 8.26. The van der Waals surface area contributed by atoms with Crippen LogP contribution in [-0.4, -0.2) is 139 Å². The molecule has 1 aliphatic rings. The lowest BCUT2D eigenvalue weighted by Crippen LogP contribution is -2.58. The Morgan fingerprint density at radius 1 is 0.745 bits per heavy atom. The van der Waals surface area contributed by atoms with E-state index in [1.54, 1.807) is 20.8 Å². The van der Waals surface area contributed by atoms with Gasteiger partial charge in [-0.3, -0.25) is 33.7 Å². The van der Waals surface area contributed by atoms with Crippen LogP contribution in [0.4, 0.5) is 4.79 Å². The largest absolute Gasteiger partial charge is 0.481 e. The van der Waals surface area contributed by atoms with Crippen molar-refractivity contribution in [2.45, 2.75) is 77.5 Å². The van der Waals surface area contributed by atoms with Gasteiger partial charge in [0.1, 0.15) is 30.8 Å². The summed E-state index contributed by atoms with van der Waals surface area (Å²) in [7, 11) is 7.17. The van der Waals surface area contributed by atoms with Gasteiger partial charge in [-0.1, -0.05) is 76.2 Å². The molecule has 15 heteroatoms. The Morgan fingerprint density at radius 2 is 1.29 bits per heavy atom. The number of benzene rings is 2. The van der Waals surface area contributed by atoms with Crippen LogP contribution in [0.25, 0.3) is 11.1 Å². The minimum atomic E-state index is -1.35. The van der Waals surface area contributed by atoms with Crippen LogP contribution >= 0.6 is 0 Å². The molecule has 0 saturated carbocycles. The van der Waals surface area contributed by atoms with Gasteiger partial charge >= 0.3 is 12.1 Å². The Labute approximate surface area is 323 Å². The fraction of sp³-hybridized carbons (Fsp3) is 0.525. The molecule has 0 fully saturated rings. The Bertz CT molecular complexity index is 1700. The van der Waals surface area contributed by atoms with Gasteiger partial charge in [0.2, 0.25) is 29.5 Å². The van der Waals surface area contributed by atoms with Crippen LogP contribution in [-0.2, 0) is 33.5 Å². The first-order chi connectivity index (χ1) is 25.8. The van der Waals surface area contributed by atoms with Crippen LogP contribution in [0.2, 0.25) is 0 Å². The predicted octanol–water partition coefficient (Wildman–Crippen LogP) is 2.78. The topological polar surface area (TPSA) is 186 Å². The zero-order valence-corrected chi connectivity index (χ0v) is 33.5. The SMILES string of the molecule is CC(C)C[C@@H](C(=O)NCC(=O)N(C)[C@H](C(=O)N[C@@H](CC(=O)O)C(=O)N(C)C)C(C)C)N(C)C(=O)[C@H](C)N(C)C(=O)OCC1c2ccccc2-c2ccccc21. The quantitative estimate of drug-likeness (QED) is 0.218. The molecule has 300 valence electrons. The summed E-state index contributed by atoms with van der Waals surface area (Å²) in [6.07, 6.45) is -1.09. The molecule has 6 amide bonds. The first-order valence-corrected chi connectivity index (χ1v) is 18.4. The summed E-state index contributed by atoms with van der Waals surface area (Å²) >= 11 is 0. The molecule has 0 bridgehead atoms. The van der Waals surface area contributed by atoms with Crippen LogP contribution in [0, 0.1) is 11.8 Å². The molecule has 1 aliphatic carbocycles. The summed E-state index contributed by atoms with van der Waals surface area (Å²) in [6, 6.07) is 11.5. The third-order valence-electron chi connectivity index (χ3n) is 9.93. The van der Waals surface area contributed by atoms with Crippen LogP contribution < -0.4 is 10.6 Å². The van der Waals surface area contributed by atoms with E-state index in [-0.39, 0.29) is 24.9 Å². The lowest BCUT2D eigenvalue weighted by molar-refractivity contribution is -0.146. The van der Waals surface area contributed by atoms with Crippen LogP contribution in [0.15, 0.2) is 48.5 Å². The van der Waals surface area contributed by atoms with E-state index in [1.165, 1.54) is 45.0 Å². The third-order valence-corrected chi connectivity index (χ3v) is 9.93. The lowest BCUT2D eigenvalue weighted by atomic mass is 9.98. The van der Waals surface area contributed by atoms with E-state index in [2.05, 4.69) is 10.6 Å². The van der Waals surface area contributed by atoms with E-state index in [1.807, 2.05) is 62.4 Å². The third kappa shape index (κ3) is 10.8. The highest BCUT2D eigenvalue weighted by molar-refractivity contribution is 5.95. The van der Waals surface area contributed by atoms with Gasteiger partial charge in [-0.05, 0) is 47.4 Å². The van der Waals surface area contributed by atoms with Crippen LogP contribution in [0.1, 0.15) is 64.5 Å². The van der Waals surface area contributed by atoms with Crippen molar-refractivity contribution < 1.29 is 43.4 Å². The van der Waals surface area contributed by atoms with Crippen molar-refractivity contribution in [2.24, 2.45) is 11.8 Å². The van der Waals surface area contributed by atoms with E-state index in [9.17, 15) is 38.7 Å². The number of fused-ring (bicyclic) bond motifs is 3. The molecule has 0 heterocycles. The van der Waals surface area contributed by atoms with Crippen molar-refractivity contribution >= 4 is 41.6 Å². The number of carbonyl (C=O) groups is 7. The molecule has 0 aliphatic heterocycles. The van der Waals surface area contributed by atoms with Gasteiger partial charge in [0.15, 0.2) is 0 Å². The van der Waals surface area contributed by atoms with E-state index in [0.29, 0.717) is 0 Å². The predicted molar refractivity (Wildman–Crippen MR) is 206 cm³/mol. The zero-order valence-electron chi connectivity index (χ0n) is 33.5. The van der Waals surface area contributed by atoms with Crippen LogP contribution in [0.3, 0.4) is 0 Å². The van der Waals surface area contributed by atoms with Gasteiger partial charge < -0.3 is 35.2 Å². The molecular weight excluding hydrogens is 708 g/mol. The Hall–Kier alpha value is -5.47. The maximum absolute atomic E-state index is 13.7. The van der Waals surface area contributed by atoms with Crippen molar-refractivity contribution in [3.63, 3.8) is 0 Å². The number of nitrogens with one attached hydrogen (secondary N) is 2. The molecule has 3 rings (SSSR count). The fourth-order valence-corrected chi connectivity index (χ4v) is 6.79. The van der Waals surface area contributed by atoms with Crippen molar-refractivity contribution in [1.29, 1.82) is 0 Å². The monoisotopic (exact) mass is 764 g/mol. The molecule has 0 saturated heterocycles. The number of ether oxygens (including phenoxy) is 1. The van der Waals surface area contributed by atoms with Crippen molar-refractivity contribution in [2.75, 3.05) is 48.4 Å². The second-order valence-electron chi connectivity index (χ2n) is 15.0. The number of rotatable bonds is 17. The highest BCUT2D eigenvalue weighted by Gasteiger charge is 2.37. The molecule has 3 N–H and O–H groups in total. The van der Waals surface area contributed by atoms with E-state index < -0.39 is 84.6 Å². The average Bonchev–Trinajstić information content (AvgIpc) is 3.45. The molecule has 0 unspecified atom stereocenters. The van der Waals surface area contributed by atoms with Gasteiger partial charge in [-0.15, -0.1) is 0 Å². The standard InChI is InChI=1S/C40H56N6O9/c1-23(2)19-32(36(50)41-21-33(47)46(10)35(24(3)4)37(51)42-31(20-34(48)49)39(53)43(6)7)45(9)38(52)25(5)44(8)40(54)55-22-30-28-17-13-11-15-26(28)27-16-12-14-18-29(27)30/h11-18,23-25,30-32,35H,19-22H2,1-10H3,(H,41,50)(H,42,51)(H,48,49)/t25-,31-,32-,35-/m0/s1. The second kappa shape index (κ2) is 19.2. The molecule has 2 aromatic rings. The normalized spacial score (nSPS) is 14.1. The number of nitrogens with zero attached hydrogens (tertiary/aromatic N) is 4. The highest BCUT2D eigenvalue weighted by Crippen LogP contribution is 2.44. The Morgan fingerprint density at radius 3 is 1.78 bits per heavy atom. The number of carboxylic acid groups (broad SMARTS) is 1. The summed E-state index contributed by atoms with van der Waals surface area (Å²) in [4.78, 5) is 96.0. The molecular formula is C40H56N6O9. The molecule has 0 radical (unpaired) electrons. The first-order valence-electron chi connectivity index (χ1n) is 18.4. The molecule has 55 heavy (non-hydrogen) atoms. The lowest BCUT2D eigenvalue weighted by Gasteiger charge is -2.34. The number of carboxylic acids is 1. The Balaban J connectivity index is 1.65. The van der Waals surface area contributed by atoms with Crippen molar-refractivity contribution in [3.05, 3.63) is 59.7 Å². The maximum atomic E-state index is 13.7. The highest BCUT2D eigenvalue weighted by atomic mass is 16.6. The van der Waals surface area contributed by atoms with Crippen LogP contribution in [0.5, 0.6) is 0 Å². The average molecular weight is 765 g/mol. The zero-order chi connectivity index (χ0) is 41.3. The van der Waals surface area contributed by atoms with Gasteiger partial charge in [0.25, 0.3) is 0 Å². The second-order valence-corrected chi connectivity index (χ2v) is 15.0. The summed E-state index contributed by atoms with van der Waals surface area (Å²) in [5.41, 5.74) is 4.29. The smallest absolute Gasteiger partial charge is 0.410 e. The number of likely N-dealkylation sites (N-methyl/N-ethyl adjacent to an activating group) is 4. The number of hydrogen-bond acceptors (Lipinski definition) is 8. The van der Waals surface area contributed by atoms with Gasteiger partial charge in [-0.25, -0.2) is 4.79 Å². The summed E-state index contributed by atoms with van der Waals surface area (Å²) < 4.78 is 5.75. The minimum absolute atomic E-state index is 0.0304. The van der Waals surface area contributed by atoms with Crippen molar-refractivity contribution in [3.8, 4) is 11.1 Å². The van der Waals surface area contributed by atoms with Crippen molar-refractivity contribution in [1.82, 2.24) is 30.2 Å². The van der Waals surface area contributed by atoms with E-state index in [0.717, 1.165) is 32.1 Å².